The average molecular weight is 563 g/mol. The molecular formula is C32H32F6O2. The first-order chi connectivity index (χ1) is 19.3. The predicted molar refractivity (Wildman–Crippen MR) is 142 cm³/mol. The Kier molecular flexibility index (Phi) is 9.95. The van der Waals surface area contributed by atoms with Crippen molar-refractivity contribution in [3.05, 3.63) is 100 Å². The lowest BCUT2D eigenvalue weighted by molar-refractivity contribution is 0.0116. The molecule has 3 aromatic rings. The predicted octanol–water partition coefficient (Wildman–Crippen LogP) is 9.34. The van der Waals surface area contributed by atoms with Gasteiger partial charge in [-0.05, 0) is 81.5 Å². The Labute approximate surface area is 230 Å². The van der Waals surface area contributed by atoms with E-state index in [1.807, 2.05) is 19.1 Å². The van der Waals surface area contributed by atoms with Crippen LogP contribution in [0.3, 0.4) is 0 Å². The van der Waals surface area contributed by atoms with Crippen LogP contribution in [0.4, 0.5) is 26.3 Å². The molecule has 1 aliphatic carbocycles. The van der Waals surface area contributed by atoms with Gasteiger partial charge >= 0.3 is 0 Å². The summed E-state index contributed by atoms with van der Waals surface area (Å²) in [4.78, 5) is 0. The molecular weight excluding hydrogens is 530 g/mol. The van der Waals surface area contributed by atoms with Gasteiger partial charge in [0.2, 0.25) is 5.82 Å². The van der Waals surface area contributed by atoms with Crippen molar-refractivity contribution in [3.8, 4) is 16.9 Å². The van der Waals surface area contributed by atoms with Gasteiger partial charge in [0, 0.05) is 16.7 Å². The molecule has 3 aromatic carbocycles. The minimum absolute atomic E-state index is 0.0882. The second-order valence-corrected chi connectivity index (χ2v) is 9.91. The van der Waals surface area contributed by atoms with E-state index in [9.17, 15) is 17.6 Å². The largest absolute Gasteiger partial charge is 0.491 e. The zero-order valence-corrected chi connectivity index (χ0v) is 22.5. The molecule has 0 radical (unpaired) electrons. The Hall–Kier alpha value is -3.26. The third-order valence-electron chi connectivity index (χ3n) is 7.40. The highest BCUT2D eigenvalue weighted by Gasteiger charge is 2.28. The van der Waals surface area contributed by atoms with E-state index in [0.717, 1.165) is 6.07 Å². The summed E-state index contributed by atoms with van der Waals surface area (Å²) >= 11 is 0. The first-order valence-electron chi connectivity index (χ1n) is 13.5. The number of allylic oxidation sites excluding steroid dienone is 2. The van der Waals surface area contributed by atoms with Crippen molar-refractivity contribution in [1.29, 1.82) is 0 Å². The number of rotatable bonds is 10. The summed E-state index contributed by atoms with van der Waals surface area (Å²) in [6, 6.07) is 8.12. The molecule has 0 heterocycles. The van der Waals surface area contributed by atoms with E-state index in [2.05, 4.69) is 0 Å². The molecule has 0 unspecified atom stereocenters. The zero-order chi connectivity index (χ0) is 28.8. The van der Waals surface area contributed by atoms with Crippen molar-refractivity contribution in [2.75, 3.05) is 6.61 Å². The fraction of sp³-hybridized carbons (Fsp3) is 0.375. The quantitative estimate of drug-likeness (QED) is 0.181. The van der Waals surface area contributed by atoms with Crippen LogP contribution in [0.1, 0.15) is 68.6 Å². The molecule has 4 rings (SSSR count). The van der Waals surface area contributed by atoms with Crippen molar-refractivity contribution in [2.24, 2.45) is 0 Å². The maximum atomic E-state index is 15.1. The monoisotopic (exact) mass is 562 g/mol. The van der Waals surface area contributed by atoms with Gasteiger partial charge < -0.3 is 9.47 Å². The molecule has 1 saturated carbocycles. The molecule has 40 heavy (non-hydrogen) atoms. The lowest BCUT2D eigenvalue weighted by atomic mass is 9.82. The smallest absolute Gasteiger partial charge is 0.201 e. The highest BCUT2D eigenvalue weighted by molar-refractivity contribution is 5.66. The Morgan fingerprint density at radius 1 is 0.725 bits per heavy atom. The lowest BCUT2D eigenvalue weighted by Gasteiger charge is -2.29. The molecule has 1 fully saturated rings. The van der Waals surface area contributed by atoms with Gasteiger partial charge in [-0.3, -0.25) is 0 Å². The Morgan fingerprint density at radius 3 is 2.02 bits per heavy atom. The van der Waals surface area contributed by atoms with Gasteiger partial charge in [0.05, 0.1) is 19.3 Å². The summed E-state index contributed by atoms with van der Waals surface area (Å²) in [6.45, 7) is 3.52. The molecule has 0 bridgehead atoms. The lowest BCUT2D eigenvalue weighted by Crippen LogP contribution is -2.22. The fourth-order valence-corrected chi connectivity index (χ4v) is 5.18. The van der Waals surface area contributed by atoms with Gasteiger partial charge in [0.1, 0.15) is 0 Å². The molecule has 0 saturated heterocycles. The van der Waals surface area contributed by atoms with E-state index < -0.39 is 40.5 Å². The van der Waals surface area contributed by atoms with E-state index in [-0.39, 0.29) is 47.7 Å². The second-order valence-electron chi connectivity index (χ2n) is 9.91. The van der Waals surface area contributed by atoms with Crippen molar-refractivity contribution >= 4 is 0 Å². The first kappa shape index (κ1) is 29.7. The molecule has 0 aromatic heterocycles. The Morgan fingerprint density at radius 2 is 1.35 bits per heavy atom. The van der Waals surface area contributed by atoms with Crippen LogP contribution in [-0.2, 0) is 17.8 Å². The Bertz CT molecular complexity index is 1360. The molecule has 0 amide bonds. The number of halogens is 6. The number of benzene rings is 3. The van der Waals surface area contributed by atoms with E-state index in [0.29, 0.717) is 44.1 Å². The molecule has 0 spiro atoms. The molecule has 0 N–H and O–H groups in total. The fourth-order valence-electron chi connectivity index (χ4n) is 5.18. The van der Waals surface area contributed by atoms with Crippen LogP contribution in [0.25, 0.3) is 11.1 Å². The van der Waals surface area contributed by atoms with Crippen molar-refractivity contribution in [2.45, 2.75) is 71.0 Å². The normalized spacial score (nSPS) is 17.5. The third kappa shape index (κ3) is 6.38. The van der Waals surface area contributed by atoms with Gasteiger partial charge in [0.15, 0.2) is 34.8 Å². The maximum absolute atomic E-state index is 15.1. The van der Waals surface area contributed by atoms with Gasteiger partial charge in [0.25, 0.3) is 0 Å². The SMILES string of the molecule is C/C=C/CCc1ccc(COC2CCC(c3ccc(-c4ccc(OCC)c(F)c4F)c(F)c3F)CC2)c(F)c1F. The Balaban J connectivity index is 1.38. The summed E-state index contributed by atoms with van der Waals surface area (Å²) in [5, 5.41) is 0. The third-order valence-corrected chi connectivity index (χ3v) is 7.40. The van der Waals surface area contributed by atoms with Crippen molar-refractivity contribution in [3.63, 3.8) is 0 Å². The van der Waals surface area contributed by atoms with E-state index >= 15 is 8.78 Å². The molecule has 2 nitrogen and oxygen atoms in total. The van der Waals surface area contributed by atoms with Gasteiger partial charge in [-0.15, -0.1) is 0 Å². The van der Waals surface area contributed by atoms with Crippen LogP contribution in [0.15, 0.2) is 48.6 Å². The van der Waals surface area contributed by atoms with E-state index in [4.69, 9.17) is 9.47 Å². The van der Waals surface area contributed by atoms with E-state index in [1.165, 1.54) is 24.3 Å². The number of ether oxygens (including phenoxy) is 2. The summed E-state index contributed by atoms with van der Waals surface area (Å²) < 4.78 is 98.9. The second kappa shape index (κ2) is 13.4. The number of hydrogen-bond acceptors (Lipinski definition) is 2. The van der Waals surface area contributed by atoms with Crippen LogP contribution in [0.5, 0.6) is 5.75 Å². The molecule has 1 aliphatic rings. The van der Waals surface area contributed by atoms with Crippen molar-refractivity contribution < 1.29 is 35.8 Å². The average Bonchev–Trinajstić information content (AvgIpc) is 2.96. The summed E-state index contributed by atoms with van der Waals surface area (Å²) in [7, 11) is 0. The molecule has 214 valence electrons. The molecule has 8 heteroatoms. The molecule has 0 atom stereocenters. The van der Waals surface area contributed by atoms with Crippen LogP contribution < -0.4 is 4.74 Å². The van der Waals surface area contributed by atoms with Crippen LogP contribution >= 0.6 is 0 Å². The van der Waals surface area contributed by atoms with Crippen LogP contribution in [0, 0.1) is 34.9 Å². The number of aryl methyl sites for hydroxylation is 1. The standard InChI is InChI=1S/C32H32F6O2/c1-3-5-6-7-20-8-9-21(28(34)27(20)33)18-40-22-12-10-19(11-13-22)23-14-15-24(30(36)29(23)35)25-16-17-26(39-4-2)32(38)31(25)37/h3,5,8-9,14-17,19,22H,4,6-7,10-13,18H2,1-2H3/b5-3+. The minimum atomic E-state index is -1.31. The summed E-state index contributed by atoms with van der Waals surface area (Å²) in [5.74, 6) is -7.27. The maximum Gasteiger partial charge on any atom is 0.201 e. The van der Waals surface area contributed by atoms with Crippen LogP contribution in [0.2, 0.25) is 0 Å². The van der Waals surface area contributed by atoms with Crippen molar-refractivity contribution in [1.82, 2.24) is 0 Å². The zero-order valence-electron chi connectivity index (χ0n) is 22.5. The number of hydrogen-bond donors (Lipinski definition) is 0. The van der Waals surface area contributed by atoms with E-state index in [1.54, 1.807) is 13.0 Å². The van der Waals surface area contributed by atoms with Crippen LogP contribution in [-0.4, -0.2) is 12.7 Å². The summed E-state index contributed by atoms with van der Waals surface area (Å²) in [6.07, 6.45) is 6.58. The van der Waals surface area contributed by atoms with Gasteiger partial charge in [-0.25, -0.2) is 22.0 Å². The van der Waals surface area contributed by atoms with Gasteiger partial charge in [-0.1, -0.05) is 36.4 Å². The first-order valence-corrected chi connectivity index (χ1v) is 13.5. The minimum Gasteiger partial charge on any atom is -0.491 e. The van der Waals surface area contributed by atoms with Gasteiger partial charge in [-0.2, -0.15) is 4.39 Å². The highest BCUT2D eigenvalue weighted by Crippen LogP contribution is 2.39. The topological polar surface area (TPSA) is 18.5 Å². The molecule has 0 aliphatic heterocycles. The highest BCUT2D eigenvalue weighted by atomic mass is 19.2. The summed E-state index contributed by atoms with van der Waals surface area (Å²) in [5.41, 5.74) is -0.157.